The van der Waals surface area contributed by atoms with Gasteiger partial charge in [0.05, 0.1) is 13.2 Å². The largest absolute Gasteiger partial charge is 0.401 e. The summed E-state index contributed by atoms with van der Waals surface area (Å²) in [6, 6.07) is 6.65. The summed E-state index contributed by atoms with van der Waals surface area (Å²) in [5.74, 6) is 0. The molecule has 0 saturated carbocycles. The number of rotatable bonds is 6. The lowest BCUT2D eigenvalue weighted by atomic mass is 10.1. The van der Waals surface area contributed by atoms with Crippen LogP contribution in [0, 0.1) is 0 Å². The molecule has 0 radical (unpaired) electrons. The molecule has 1 rings (SSSR count). The van der Waals surface area contributed by atoms with Gasteiger partial charge in [-0.15, -0.1) is 0 Å². The molecule has 1 aromatic rings. The van der Waals surface area contributed by atoms with Crippen LogP contribution in [0.4, 0.5) is 13.2 Å². The summed E-state index contributed by atoms with van der Waals surface area (Å²) >= 11 is 0. The second-order valence-corrected chi connectivity index (χ2v) is 3.96. The smallest absolute Gasteiger partial charge is 0.380 e. The van der Waals surface area contributed by atoms with Gasteiger partial charge < -0.3 is 15.8 Å². The number of benzene rings is 1. The van der Waals surface area contributed by atoms with E-state index in [2.05, 4.69) is 5.32 Å². The highest BCUT2D eigenvalue weighted by atomic mass is 19.4. The van der Waals surface area contributed by atoms with E-state index in [1.165, 1.54) is 0 Å². The molecule has 0 aliphatic heterocycles. The Morgan fingerprint density at radius 1 is 1.28 bits per heavy atom. The van der Waals surface area contributed by atoms with E-state index in [0.29, 0.717) is 6.61 Å². The quantitative estimate of drug-likeness (QED) is 0.824. The highest BCUT2D eigenvalue weighted by molar-refractivity contribution is 5.25. The lowest BCUT2D eigenvalue weighted by Gasteiger charge is -2.18. The van der Waals surface area contributed by atoms with E-state index in [9.17, 15) is 13.2 Å². The number of nitrogens with two attached hydrogens (primary N) is 1. The second kappa shape index (κ2) is 6.72. The summed E-state index contributed by atoms with van der Waals surface area (Å²) in [5, 5.41) is 2.40. The third-order valence-corrected chi connectivity index (χ3v) is 2.48. The third-order valence-electron chi connectivity index (χ3n) is 2.48. The molecule has 6 heteroatoms. The molecule has 0 fully saturated rings. The van der Waals surface area contributed by atoms with Crippen LogP contribution in [0.15, 0.2) is 24.3 Å². The van der Waals surface area contributed by atoms with Crippen LogP contribution in [-0.2, 0) is 11.3 Å². The van der Waals surface area contributed by atoms with Crippen molar-refractivity contribution in [3.63, 3.8) is 0 Å². The minimum Gasteiger partial charge on any atom is -0.380 e. The molecule has 0 spiro atoms. The molecule has 0 saturated heterocycles. The predicted molar refractivity (Wildman–Crippen MR) is 63.0 cm³/mol. The summed E-state index contributed by atoms with van der Waals surface area (Å²) in [6.45, 7) is -0.460. The highest BCUT2D eigenvalue weighted by Crippen LogP contribution is 2.17. The van der Waals surface area contributed by atoms with Crippen molar-refractivity contribution < 1.29 is 17.9 Å². The van der Waals surface area contributed by atoms with Gasteiger partial charge in [0.25, 0.3) is 0 Å². The zero-order chi connectivity index (χ0) is 13.6. The van der Waals surface area contributed by atoms with Crippen LogP contribution in [0.25, 0.3) is 0 Å². The average Bonchev–Trinajstić information content (AvgIpc) is 2.31. The normalized spacial score (nSPS) is 13.6. The Morgan fingerprint density at radius 2 is 1.89 bits per heavy atom. The standard InChI is InChI=1S/C12H17F3N2O/c1-18-7-9-2-4-10(5-3-9)11(6-16)17-8-12(13,14)15/h2-5,11,17H,6-8,16H2,1H3. The maximum absolute atomic E-state index is 12.1. The molecule has 3 N–H and O–H groups in total. The van der Waals surface area contributed by atoms with E-state index in [0.717, 1.165) is 11.1 Å². The van der Waals surface area contributed by atoms with E-state index < -0.39 is 18.8 Å². The Labute approximate surface area is 104 Å². The number of halogens is 3. The molecule has 0 bridgehead atoms. The Hall–Kier alpha value is -1.11. The molecule has 1 unspecified atom stereocenters. The topological polar surface area (TPSA) is 47.3 Å². The first-order valence-electron chi connectivity index (χ1n) is 5.54. The van der Waals surface area contributed by atoms with Gasteiger partial charge in [0.2, 0.25) is 0 Å². The van der Waals surface area contributed by atoms with Crippen LogP contribution >= 0.6 is 0 Å². The van der Waals surface area contributed by atoms with Crippen molar-refractivity contribution >= 4 is 0 Å². The average molecular weight is 262 g/mol. The van der Waals surface area contributed by atoms with Crippen LogP contribution in [0.5, 0.6) is 0 Å². The van der Waals surface area contributed by atoms with Crippen molar-refractivity contribution in [1.82, 2.24) is 5.32 Å². The van der Waals surface area contributed by atoms with E-state index in [1.54, 1.807) is 19.2 Å². The zero-order valence-electron chi connectivity index (χ0n) is 10.1. The Balaban J connectivity index is 2.64. The summed E-state index contributed by atoms with van der Waals surface area (Å²) in [6.07, 6.45) is -4.23. The first-order chi connectivity index (χ1) is 8.46. The van der Waals surface area contributed by atoms with Gasteiger partial charge in [0.1, 0.15) is 0 Å². The van der Waals surface area contributed by atoms with Gasteiger partial charge >= 0.3 is 6.18 Å². The molecule has 3 nitrogen and oxygen atoms in total. The van der Waals surface area contributed by atoms with Gasteiger partial charge in [-0.25, -0.2) is 0 Å². The van der Waals surface area contributed by atoms with Crippen molar-refractivity contribution in [3.05, 3.63) is 35.4 Å². The van der Waals surface area contributed by atoms with Crippen LogP contribution in [0.1, 0.15) is 17.2 Å². The number of alkyl halides is 3. The molecule has 0 aromatic heterocycles. The van der Waals surface area contributed by atoms with Crippen molar-refractivity contribution in [3.8, 4) is 0 Å². The lowest BCUT2D eigenvalue weighted by molar-refractivity contribution is -0.126. The zero-order valence-corrected chi connectivity index (χ0v) is 10.1. The van der Waals surface area contributed by atoms with Gasteiger partial charge in [0, 0.05) is 19.7 Å². The third kappa shape index (κ3) is 5.03. The summed E-state index contributed by atoms with van der Waals surface area (Å²) in [4.78, 5) is 0. The fourth-order valence-electron chi connectivity index (χ4n) is 1.59. The van der Waals surface area contributed by atoms with Gasteiger partial charge in [-0.1, -0.05) is 24.3 Å². The fraction of sp³-hybridized carbons (Fsp3) is 0.500. The van der Waals surface area contributed by atoms with Gasteiger partial charge in [-0.3, -0.25) is 0 Å². The van der Waals surface area contributed by atoms with Crippen molar-refractivity contribution in [2.24, 2.45) is 5.73 Å². The summed E-state index contributed by atoms with van der Waals surface area (Å²) in [5.41, 5.74) is 7.18. The Morgan fingerprint density at radius 3 is 2.33 bits per heavy atom. The minimum absolute atomic E-state index is 0.111. The number of nitrogens with one attached hydrogen (secondary N) is 1. The number of ether oxygens (including phenoxy) is 1. The van der Waals surface area contributed by atoms with E-state index in [1.807, 2.05) is 12.1 Å². The molecule has 1 atom stereocenters. The molecule has 0 amide bonds. The van der Waals surface area contributed by atoms with E-state index in [4.69, 9.17) is 10.5 Å². The van der Waals surface area contributed by atoms with Crippen molar-refractivity contribution in [1.29, 1.82) is 0 Å². The highest BCUT2D eigenvalue weighted by Gasteiger charge is 2.28. The van der Waals surface area contributed by atoms with Gasteiger partial charge in [0.15, 0.2) is 0 Å². The second-order valence-electron chi connectivity index (χ2n) is 3.96. The molecule has 1 aromatic carbocycles. The molecular formula is C12H17F3N2O. The summed E-state index contributed by atoms with van der Waals surface area (Å²) in [7, 11) is 1.58. The van der Waals surface area contributed by atoms with E-state index in [-0.39, 0.29) is 6.54 Å². The van der Waals surface area contributed by atoms with Crippen LogP contribution in [0.3, 0.4) is 0 Å². The predicted octanol–water partition coefficient (Wildman–Crippen LogP) is 1.98. The Bertz CT molecular complexity index is 351. The maximum atomic E-state index is 12.1. The minimum atomic E-state index is -4.23. The molecule has 0 aliphatic carbocycles. The van der Waals surface area contributed by atoms with Crippen molar-refractivity contribution in [2.75, 3.05) is 20.2 Å². The van der Waals surface area contributed by atoms with Crippen LogP contribution in [-0.4, -0.2) is 26.4 Å². The van der Waals surface area contributed by atoms with Crippen molar-refractivity contribution in [2.45, 2.75) is 18.8 Å². The van der Waals surface area contributed by atoms with Crippen LogP contribution in [0.2, 0.25) is 0 Å². The lowest BCUT2D eigenvalue weighted by Crippen LogP contribution is -2.35. The molecule has 0 heterocycles. The summed E-state index contributed by atoms with van der Waals surface area (Å²) < 4.78 is 41.3. The van der Waals surface area contributed by atoms with Gasteiger partial charge in [-0.2, -0.15) is 13.2 Å². The number of hydrogen-bond donors (Lipinski definition) is 2. The molecule has 102 valence electrons. The first-order valence-corrected chi connectivity index (χ1v) is 5.54. The SMILES string of the molecule is COCc1ccc(C(CN)NCC(F)(F)F)cc1. The van der Waals surface area contributed by atoms with Crippen LogP contribution < -0.4 is 11.1 Å². The fourth-order valence-corrected chi connectivity index (χ4v) is 1.59. The van der Waals surface area contributed by atoms with E-state index >= 15 is 0 Å². The number of methoxy groups -OCH3 is 1. The molecule has 0 aliphatic rings. The molecular weight excluding hydrogens is 245 g/mol. The van der Waals surface area contributed by atoms with Gasteiger partial charge in [-0.05, 0) is 11.1 Å². The molecule has 18 heavy (non-hydrogen) atoms. The number of hydrogen-bond acceptors (Lipinski definition) is 3. The Kier molecular flexibility index (Phi) is 5.58. The maximum Gasteiger partial charge on any atom is 0.401 e. The monoisotopic (exact) mass is 262 g/mol. The first kappa shape index (κ1) is 14.9.